The van der Waals surface area contributed by atoms with Crippen molar-refractivity contribution in [2.45, 2.75) is 39.2 Å². The first-order valence-electron chi connectivity index (χ1n) is 5.46. The van der Waals surface area contributed by atoms with Crippen LogP contribution in [0.3, 0.4) is 0 Å². The Morgan fingerprint density at radius 1 is 1.57 bits per heavy atom. The maximum atomic E-state index is 11.1. The van der Waals surface area contributed by atoms with Gasteiger partial charge in [-0.3, -0.25) is 4.79 Å². The van der Waals surface area contributed by atoms with Gasteiger partial charge in [0.05, 0.1) is 13.0 Å². The number of ether oxygens (including phenoxy) is 1. The number of rotatable bonds is 4. The SMILES string of the molecule is COC(=O)C(C)CNC1CCCC1C. The highest BCUT2D eigenvalue weighted by Crippen LogP contribution is 2.24. The maximum Gasteiger partial charge on any atom is 0.309 e. The van der Waals surface area contributed by atoms with Gasteiger partial charge in [0.15, 0.2) is 0 Å². The van der Waals surface area contributed by atoms with Gasteiger partial charge in [0.1, 0.15) is 0 Å². The lowest BCUT2D eigenvalue weighted by atomic mass is 10.1. The van der Waals surface area contributed by atoms with E-state index in [2.05, 4.69) is 17.0 Å². The molecular weight excluding hydrogens is 178 g/mol. The van der Waals surface area contributed by atoms with Gasteiger partial charge in [-0.05, 0) is 18.8 Å². The molecule has 0 heterocycles. The number of esters is 1. The quantitative estimate of drug-likeness (QED) is 0.698. The van der Waals surface area contributed by atoms with E-state index in [1.165, 1.54) is 26.4 Å². The second-order valence-corrected chi connectivity index (χ2v) is 4.35. The van der Waals surface area contributed by atoms with Crippen LogP contribution in [0.5, 0.6) is 0 Å². The van der Waals surface area contributed by atoms with Crippen molar-refractivity contribution in [3.05, 3.63) is 0 Å². The Bertz CT molecular complexity index is 194. The van der Waals surface area contributed by atoms with Gasteiger partial charge in [0.25, 0.3) is 0 Å². The van der Waals surface area contributed by atoms with Crippen molar-refractivity contribution in [2.24, 2.45) is 11.8 Å². The molecule has 0 bridgehead atoms. The normalized spacial score (nSPS) is 28.8. The number of carbonyl (C=O) groups is 1. The van der Waals surface area contributed by atoms with Gasteiger partial charge in [-0.25, -0.2) is 0 Å². The highest BCUT2D eigenvalue weighted by molar-refractivity contribution is 5.72. The summed E-state index contributed by atoms with van der Waals surface area (Å²) < 4.78 is 4.68. The number of hydrogen-bond donors (Lipinski definition) is 1. The fraction of sp³-hybridized carbons (Fsp3) is 0.909. The molecule has 0 aromatic rings. The molecule has 0 radical (unpaired) electrons. The first-order valence-corrected chi connectivity index (χ1v) is 5.46. The predicted molar refractivity (Wildman–Crippen MR) is 56.0 cm³/mol. The molecule has 0 aromatic heterocycles. The van der Waals surface area contributed by atoms with Crippen LogP contribution in [0.25, 0.3) is 0 Å². The predicted octanol–water partition coefficient (Wildman–Crippen LogP) is 1.57. The van der Waals surface area contributed by atoms with E-state index in [0.29, 0.717) is 6.04 Å². The number of hydrogen-bond acceptors (Lipinski definition) is 3. The topological polar surface area (TPSA) is 38.3 Å². The molecule has 1 saturated carbocycles. The molecule has 1 N–H and O–H groups in total. The molecule has 1 aliphatic rings. The molecule has 0 amide bonds. The van der Waals surface area contributed by atoms with Crippen LogP contribution in [0, 0.1) is 11.8 Å². The van der Waals surface area contributed by atoms with Crippen LogP contribution in [-0.2, 0) is 9.53 Å². The zero-order chi connectivity index (χ0) is 10.6. The van der Waals surface area contributed by atoms with E-state index < -0.39 is 0 Å². The molecule has 0 aromatic carbocycles. The van der Waals surface area contributed by atoms with Crippen LogP contribution in [0.4, 0.5) is 0 Å². The highest BCUT2D eigenvalue weighted by Gasteiger charge is 2.24. The van der Waals surface area contributed by atoms with E-state index in [1.54, 1.807) is 0 Å². The summed E-state index contributed by atoms with van der Waals surface area (Å²) in [7, 11) is 1.44. The fourth-order valence-electron chi connectivity index (χ4n) is 2.06. The van der Waals surface area contributed by atoms with Crippen molar-refractivity contribution < 1.29 is 9.53 Å². The first-order chi connectivity index (χ1) is 6.65. The Morgan fingerprint density at radius 2 is 2.29 bits per heavy atom. The first kappa shape index (κ1) is 11.5. The van der Waals surface area contributed by atoms with Crippen molar-refractivity contribution >= 4 is 5.97 Å². The average Bonchev–Trinajstić information content (AvgIpc) is 2.59. The van der Waals surface area contributed by atoms with Gasteiger partial charge >= 0.3 is 5.97 Å². The van der Waals surface area contributed by atoms with Gasteiger partial charge in [-0.15, -0.1) is 0 Å². The minimum absolute atomic E-state index is 0.0344. The van der Waals surface area contributed by atoms with Gasteiger partial charge in [0.2, 0.25) is 0 Å². The second-order valence-electron chi connectivity index (χ2n) is 4.35. The smallest absolute Gasteiger partial charge is 0.309 e. The summed E-state index contributed by atoms with van der Waals surface area (Å²) in [5, 5.41) is 3.45. The van der Waals surface area contributed by atoms with Crippen LogP contribution in [0.15, 0.2) is 0 Å². The molecule has 1 rings (SSSR count). The monoisotopic (exact) mass is 199 g/mol. The van der Waals surface area contributed by atoms with E-state index in [-0.39, 0.29) is 11.9 Å². The van der Waals surface area contributed by atoms with E-state index in [1.807, 2.05) is 6.92 Å². The Balaban J connectivity index is 2.22. The lowest BCUT2D eigenvalue weighted by molar-refractivity contribution is -0.144. The lowest BCUT2D eigenvalue weighted by Crippen LogP contribution is -2.36. The third-order valence-corrected chi connectivity index (χ3v) is 3.15. The summed E-state index contributed by atoms with van der Waals surface area (Å²) in [5.74, 6) is 0.593. The third kappa shape index (κ3) is 2.98. The van der Waals surface area contributed by atoms with Crippen LogP contribution in [0.1, 0.15) is 33.1 Å². The number of nitrogens with one attached hydrogen (secondary N) is 1. The Kier molecular flexibility index (Phi) is 4.39. The molecule has 3 atom stereocenters. The van der Waals surface area contributed by atoms with Crippen LogP contribution < -0.4 is 5.32 Å². The molecule has 1 fully saturated rings. The van der Waals surface area contributed by atoms with Crippen molar-refractivity contribution in [3.8, 4) is 0 Å². The summed E-state index contributed by atoms with van der Waals surface area (Å²) in [4.78, 5) is 11.1. The Labute approximate surface area is 86.2 Å². The van der Waals surface area contributed by atoms with Crippen molar-refractivity contribution in [1.82, 2.24) is 5.32 Å². The second kappa shape index (κ2) is 5.35. The lowest BCUT2D eigenvalue weighted by Gasteiger charge is -2.19. The average molecular weight is 199 g/mol. The van der Waals surface area contributed by atoms with Crippen LogP contribution in [-0.4, -0.2) is 25.7 Å². The van der Waals surface area contributed by atoms with E-state index >= 15 is 0 Å². The van der Waals surface area contributed by atoms with Crippen LogP contribution in [0.2, 0.25) is 0 Å². The molecule has 82 valence electrons. The van der Waals surface area contributed by atoms with E-state index in [0.717, 1.165) is 12.5 Å². The summed E-state index contributed by atoms with van der Waals surface area (Å²) in [6.45, 7) is 4.91. The Hall–Kier alpha value is -0.570. The van der Waals surface area contributed by atoms with E-state index in [9.17, 15) is 4.79 Å². The highest BCUT2D eigenvalue weighted by atomic mass is 16.5. The van der Waals surface area contributed by atoms with E-state index in [4.69, 9.17) is 0 Å². The molecule has 3 unspecified atom stereocenters. The molecule has 14 heavy (non-hydrogen) atoms. The number of methoxy groups -OCH3 is 1. The molecule has 0 spiro atoms. The molecule has 0 saturated heterocycles. The summed E-state index contributed by atoms with van der Waals surface area (Å²) >= 11 is 0. The third-order valence-electron chi connectivity index (χ3n) is 3.15. The number of carbonyl (C=O) groups excluding carboxylic acids is 1. The van der Waals surface area contributed by atoms with Gasteiger partial charge in [0, 0.05) is 12.6 Å². The summed E-state index contributed by atoms with van der Waals surface area (Å²) in [6.07, 6.45) is 3.87. The van der Waals surface area contributed by atoms with Gasteiger partial charge in [-0.1, -0.05) is 20.3 Å². The molecular formula is C11H21NO2. The molecule has 3 nitrogen and oxygen atoms in total. The summed E-state index contributed by atoms with van der Waals surface area (Å²) in [6, 6.07) is 0.599. The largest absolute Gasteiger partial charge is 0.469 e. The molecule has 1 aliphatic carbocycles. The summed E-state index contributed by atoms with van der Waals surface area (Å²) in [5.41, 5.74) is 0. The standard InChI is InChI=1S/C11H21NO2/c1-8-5-4-6-10(8)12-7-9(2)11(13)14-3/h8-10,12H,4-7H2,1-3H3. The van der Waals surface area contributed by atoms with Gasteiger partial charge < -0.3 is 10.1 Å². The van der Waals surface area contributed by atoms with Crippen LogP contribution >= 0.6 is 0 Å². The minimum atomic E-state index is -0.122. The zero-order valence-electron chi connectivity index (χ0n) is 9.38. The van der Waals surface area contributed by atoms with Gasteiger partial charge in [-0.2, -0.15) is 0 Å². The Morgan fingerprint density at radius 3 is 2.79 bits per heavy atom. The minimum Gasteiger partial charge on any atom is -0.469 e. The molecule has 0 aliphatic heterocycles. The molecule has 3 heteroatoms. The fourth-order valence-corrected chi connectivity index (χ4v) is 2.06. The van der Waals surface area contributed by atoms with Crippen molar-refractivity contribution in [1.29, 1.82) is 0 Å². The maximum absolute atomic E-state index is 11.1. The van der Waals surface area contributed by atoms with Crippen molar-refractivity contribution in [2.75, 3.05) is 13.7 Å². The zero-order valence-corrected chi connectivity index (χ0v) is 9.38. The van der Waals surface area contributed by atoms with Crippen molar-refractivity contribution in [3.63, 3.8) is 0 Å².